The quantitative estimate of drug-likeness (QED) is 0.864. The monoisotopic (exact) mass is 241 g/mol. The van der Waals surface area contributed by atoms with E-state index in [4.69, 9.17) is 5.73 Å². The fourth-order valence-corrected chi connectivity index (χ4v) is 1.74. The molecule has 0 saturated carbocycles. The first-order valence-corrected chi connectivity index (χ1v) is 5.72. The van der Waals surface area contributed by atoms with Gasteiger partial charge in [-0.1, -0.05) is 18.2 Å². The molecule has 3 N–H and O–H groups in total. The zero-order valence-electron chi connectivity index (χ0n) is 10.2. The van der Waals surface area contributed by atoms with Gasteiger partial charge in [-0.2, -0.15) is 0 Å². The van der Waals surface area contributed by atoms with Crippen LogP contribution in [0, 0.1) is 6.92 Å². The summed E-state index contributed by atoms with van der Waals surface area (Å²) in [5.41, 5.74) is 8.65. The van der Waals surface area contributed by atoms with Gasteiger partial charge in [-0.15, -0.1) is 0 Å². The first kappa shape index (κ1) is 12.3. The molecule has 0 radical (unpaired) electrons. The summed E-state index contributed by atoms with van der Waals surface area (Å²) in [7, 11) is 0. The Balaban J connectivity index is 2.22. The first-order chi connectivity index (χ1) is 8.70. The molecule has 1 amide bonds. The van der Waals surface area contributed by atoms with E-state index in [-0.39, 0.29) is 5.91 Å². The molecular formula is C14H15N3O. The first-order valence-electron chi connectivity index (χ1n) is 5.72. The maximum absolute atomic E-state index is 12.1. The highest BCUT2D eigenvalue weighted by atomic mass is 16.1. The number of aryl methyl sites for hydroxylation is 1. The van der Waals surface area contributed by atoms with Crippen molar-refractivity contribution < 1.29 is 4.79 Å². The number of nitrogens with zero attached hydrogens (tertiary/aromatic N) is 1. The van der Waals surface area contributed by atoms with E-state index in [0.29, 0.717) is 12.1 Å². The third kappa shape index (κ3) is 2.73. The van der Waals surface area contributed by atoms with Crippen LogP contribution in [0.25, 0.3) is 0 Å². The Morgan fingerprint density at radius 2 is 2.11 bits per heavy atom. The van der Waals surface area contributed by atoms with Crippen LogP contribution in [-0.2, 0) is 6.54 Å². The third-order valence-corrected chi connectivity index (χ3v) is 2.64. The third-order valence-electron chi connectivity index (χ3n) is 2.64. The minimum Gasteiger partial charge on any atom is -0.326 e. The van der Waals surface area contributed by atoms with E-state index < -0.39 is 0 Å². The molecule has 2 aromatic rings. The van der Waals surface area contributed by atoms with Crippen molar-refractivity contribution in [1.82, 2.24) is 4.98 Å². The lowest BCUT2D eigenvalue weighted by atomic mass is 10.1. The van der Waals surface area contributed by atoms with Crippen LogP contribution >= 0.6 is 0 Å². The lowest BCUT2D eigenvalue weighted by Crippen LogP contribution is -2.15. The lowest BCUT2D eigenvalue weighted by molar-refractivity contribution is 0.102. The largest absolute Gasteiger partial charge is 0.326 e. The van der Waals surface area contributed by atoms with Crippen molar-refractivity contribution in [3.63, 3.8) is 0 Å². The normalized spacial score (nSPS) is 10.1. The van der Waals surface area contributed by atoms with Gasteiger partial charge in [-0.05, 0) is 30.7 Å². The number of hydrogen-bond acceptors (Lipinski definition) is 3. The molecule has 0 aliphatic carbocycles. The fourth-order valence-electron chi connectivity index (χ4n) is 1.74. The van der Waals surface area contributed by atoms with E-state index in [1.54, 1.807) is 18.3 Å². The SMILES string of the molecule is Cc1cc(NC(=O)c2ccccc2CN)ccn1. The second kappa shape index (κ2) is 5.42. The van der Waals surface area contributed by atoms with E-state index in [2.05, 4.69) is 10.3 Å². The van der Waals surface area contributed by atoms with Crippen LogP contribution in [0.2, 0.25) is 0 Å². The maximum atomic E-state index is 12.1. The molecule has 4 nitrogen and oxygen atoms in total. The number of hydrogen-bond donors (Lipinski definition) is 2. The van der Waals surface area contributed by atoms with Gasteiger partial charge in [0.2, 0.25) is 0 Å². The number of anilines is 1. The number of carbonyl (C=O) groups excluding carboxylic acids is 1. The number of carbonyl (C=O) groups is 1. The van der Waals surface area contributed by atoms with Crippen LogP contribution in [0.3, 0.4) is 0 Å². The number of pyridine rings is 1. The Morgan fingerprint density at radius 3 is 2.83 bits per heavy atom. The molecule has 1 heterocycles. The average Bonchev–Trinajstić information content (AvgIpc) is 2.38. The molecule has 1 aromatic heterocycles. The molecule has 4 heteroatoms. The minimum atomic E-state index is -0.151. The van der Waals surface area contributed by atoms with Gasteiger partial charge in [0.1, 0.15) is 0 Å². The van der Waals surface area contributed by atoms with Gasteiger partial charge in [0.25, 0.3) is 5.91 Å². The maximum Gasteiger partial charge on any atom is 0.255 e. The van der Waals surface area contributed by atoms with E-state index in [1.165, 1.54) is 0 Å². The number of nitrogens with one attached hydrogen (secondary N) is 1. The summed E-state index contributed by atoms with van der Waals surface area (Å²) >= 11 is 0. The number of nitrogens with two attached hydrogens (primary N) is 1. The van der Waals surface area contributed by atoms with Crippen molar-refractivity contribution >= 4 is 11.6 Å². The lowest BCUT2D eigenvalue weighted by Gasteiger charge is -2.08. The molecule has 0 unspecified atom stereocenters. The van der Waals surface area contributed by atoms with Crippen molar-refractivity contribution in [3.8, 4) is 0 Å². The van der Waals surface area contributed by atoms with E-state index in [1.807, 2.05) is 31.2 Å². The Kier molecular flexibility index (Phi) is 3.69. The molecule has 1 aromatic carbocycles. The summed E-state index contributed by atoms with van der Waals surface area (Å²) in [6.07, 6.45) is 1.67. The zero-order valence-corrected chi connectivity index (χ0v) is 10.2. The Bertz CT molecular complexity index is 566. The van der Waals surface area contributed by atoms with Crippen molar-refractivity contribution in [2.75, 3.05) is 5.32 Å². The topological polar surface area (TPSA) is 68.0 Å². The summed E-state index contributed by atoms with van der Waals surface area (Å²) in [4.78, 5) is 16.2. The molecule has 18 heavy (non-hydrogen) atoms. The van der Waals surface area contributed by atoms with Crippen LogP contribution in [0.5, 0.6) is 0 Å². The molecule has 0 aliphatic rings. The molecule has 0 atom stereocenters. The standard InChI is InChI=1S/C14H15N3O/c1-10-8-12(6-7-16-10)17-14(18)13-5-3-2-4-11(13)9-15/h2-8H,9,15H2,1H3,(H,16,17,18). The van der Waals surface area contributed by atoms with E-state index >= 15 is 0 Å². The smallest absolute Gasteiger partial charge is 0.255 e. The van der Waals surface area contributed by atoms with E-state index in [0.717, 1.165) is 16.9 Å². The number of rotatable bonds is 3. The zero-order chi connectivity index (χ0) is 13.0. The summed E-state index contributed by atoms with van der Waals surface area (Å²) < 4.78 is 0. The summed E-state index contributed by atoms with van der Waals surface area (Å²) in [6.45, 7) is 2.22. The molecule has 2 rings (SSSR count). The van der Waals surface area contributed by atoms with Gasteiger partial charge in [0, 0.05) is 29.7 Å². The van der Waals surface area contributed by atoms with Crippen molar-refractivity contribution in [2.24, 2.45) is 5.73 Å². The van der Waals surface area contributed by atoms with Crippen LogP contribution in [0.4, 0.5) is 5.69 Å². The summed E-state index contributed by atoms with van der Waals surface area (Å²) in [5.74, 6) is -0.151. The summed E-state index contributed by atoms with van der Waals surface area (Å²) in [5, 5.41) is 2.84. The van der Waals surface area contributed by atoms with Crippen LogP contribution in [0.15, 0.2) is 42.6 Å². The molecule has 0 aliphatic heterocycles. The highest BCUT2D eigenvalue weighted by molar-refractivity contribution is 6.05. The number of benzene rings is 1. The van der Waals surface area contributed by atoms with Crippen molar-refractivity contribution in [1.29, 1.82) is 0 Å². The summed E-state index contributed by atoms with van der Waals surface area (Å²) in [6, 6.07) is 10.9. The Hall–Kier alpha value is -2.20. The van der Waals surface area contributed by atoms with Gasteiger partial charge < -0.3 is 11.1 Å². The van der Waals surface area contributed by atoms with Gasteiger partial charge in [-0.3, -0.25) is 9.78 Å². The highest BCUT2D eigenvalue weighted by Crippen LogP contribution is 2.12. The molecule has 92 valence electrons. The average molecular weight is 241 g/mol. The number of amides is 1. The molecule has 0 fully saturated rings. The van der Waals surface area contributed by atoms with Gasteiger partial charge >= 0.3 is 0 Å². The Morgan fingerprint density at radius 1 is 1.33 bits per heavy atom. The van der Waals surface area contributed by atoms with Crippen molar-refractivity contribution in [3.05, 3.63) is 59.4 Å². The van der Waals surface area contributed by atoms with Gasteiger partial charge in [0.15, 0.2) is 0 Å². The minimum absolute atomic E-state index is 0.151. The predicted molar refractivity (Wildman–Crippen MR) is 71.3 cm³/mol. The fraction of sp³-hybridized carbons (Fsp3) is 0.143. The van der Waals surface area contributed by atoms with Gasteiger partial charge in [0.05, 0.1) is 0 Å². The van der Waals surface area contributed by atoms with Crippen molar-refractivity contribution in [2.45, 2.75) is 13.5 Å². The van der Waals surface area contributed by atoms with E-state index in [9.17, 15) is 4.79 Å². The second-order valence-corrected chi connectivity index (χ2v) is 4.00. The number of aromatic nitrogens is 1. The second-order valence-electron chi connectivity index (χ2n) is 4.00. The van der Waals surface area contributed by atoms with Crippen LogP contribution < -0.4 is 11.1 Å². The Labute approximate surface area is 106 Å². The predicted octanol–water partition coefficient (Wildman–Crippen LogP) is 2.10. The molecular weight excluding hydrogens is 226 g/mol. The van der Waals surface area contributed by atoms with Gasteiger partial charge in [-0.25, -0.2) is 0 Å². The highest BCUT2D eigenvalue weighted by Gasteiger charge is 2.09. The molecule has 0 bridgehead atoms. The van der Waals surface area contributed by atoms with Crippen LogP contribution in [-0.4, -0.2) is 10.9 Å². The van der Waals surface area contributed by atoms with Crippen LogP contribution in [0.1, 0.15) is 21.6 Å². The molecule has 0 saturated heterocycles. The molecule has 0 spiro atoms.